The molecule has 1 rings (SSSR count). The molecule has 0 saturated carbocycles. The van der Waals surface area contributed by atoms with Gasteiger partial charge in [0.2, 0.25) is 0 Å². The molecule has 0 bridgehead atoms. The minimum absolute atomic E-state index is 0.0348. The molecule has 0 radical (unpaired) electrons. The Morgan fingerprint density at radius 3 is 2.88 bits per heavy atom. The van der Waals surface area contributed by atoms with Crippen LogP contribution in [0.5, 0.6) is 5.75 Å². The van der Waals surface area contributed by atoms with Crippen LogP contribution in [0.1, 0.15) is 18.4 Å². The molecule has 0 amide bonds. The van der Waals surface area contributed by atoms with Crippen molar-refractivity contribution in [3.63, 3.8) is 0 Å². The van der Waals surface area contributed by atoms with E-state index in [2.05, 4.69) is 0 Å². The third kappa shape index (κ3) is 5.92. The van der Waals surface area contributed by atoms with Crippen LogP contribution in [-0.4, -0.2) is 30.9 Å². The fraction of sp³-hybridized carbons (Fsp3) is 0.462. The standard InChI is InChI=1S/C13H18O4/c1-11-4-2-5-12(10-11)16-9-6-13(15)17-8-3-7-14/h2,4-5,10,14H,3,6-9H2,1H3. The second-order valence-electron chi connectivity index (χ2n) is 3.71. The Labute approximate surface area is 101 Å². The topological polar surface area (TPSA) is 55.8 Å². The van der Waals surface area contributed by atoms with Gasteiger partial charge in [0.25, 0.3) is 0 Å². The molecule has 0 aromatic heterocycles. The molecule has 17 heavy (non-hydrogen) atoms. The van der Waals surface area contributed by atoms with Gasteiger partial charge < -0.3 is 14.6 Å². The largest absolute Gasteiger partial charge is 0.493 e. The summed E-state index contributed by atoms with van der Waals surface area (Å²) >= 11 is 0. The number of rotatable bonds is 7. The predicted molar refractivity (Wildman–Crippen MR) is 64.0 cm³/mol. The van der Waals surface area contributed by atoms with Crippen molar-refractivity contribution in [1.82, 2.24) is 0 Å². The maximum atomic E-state index is 11.2. The van der Waals surface area contributed by atoms with E-state index in [0.717, 1.165) is 11.3 Å². The van der Waals surface area contributed by atoms with Crippen LogP contribution in [0.4, 0.5) is 0 Å². The van der Waals surface area contributed by atoms with Gasteiger partial charge in [0.05, 0.1) is 19.6 Å². The van der Waals surface area contributed by atoms with Crippen molar-refractivity contribution in [3.8, 4) is 5.75 Å². The second-order valence-corrected chi connectivity index (χ2v) is 3.71. The Morgan fingerprint density at radius 1 is 1.35 bits per heavy atom. The van der Waals surface area contributed by atoms with Crippen LogP contribution < -0.4 is 4.74 Å². The minimum Gasteiger partial charge on any atom is -0.493 e. The Morgan fingerprint density at radius 2 is 2.18 bits per heavy atom. The van der Waals surface area contributed by atoms with Gasteiger partial charge in [0, 0.05) is 13.0 Å². The van der Waals surface area contributed by atoms with Crippen LogP contribution in [0, 0.1) is 6.92 Å². The number of carbonyl (C=O) groups is 1. The number of carbonyl (C=O) groups excluding carboxylic acids is 1. The van der Waals surface area contributed by atoms with Crippen LogP contribution >= 0.6 is 0 Å². The van der Waals surface area contributed by atoms with Crippen molar-refractivity contribution < 1.29 is 19.4 Å². The number of benzene rings is 1. The number of esters is 1. The molecule has 1 N–H and O–H groups in total. The second kappa shape index (κ2) is 7.68. The number of aryl methyl sites for hydroxylation is 1. The molecule has 0 unspecified atom stereocenters. The highest BCUT2D eigenvalue weighted by Crippen LogP contribution is 2.12. The molecule has 1 aromatic carbocycles. The zero-order chi connectivity index (χ0) is 12.5. The Kier molecular flexibility index (Phi) is 6.10. The lowest BCUT2D eigenvalue weighted by Crippen LogP contribution is -2.11. The summed E-state index contributed by atoms with van der Waals surface area (Å²) < 4.78 is 10.3. The van der Waals surface area contributed by atoms with Crippen molar-refractivity contribution in [2.75, 3.05) is 19.8 Å². The molecule has 1 aromatic rings. The molecular formula is C13H18O4. The van der Waals surface area contributed by atoms with E-state index in [4.69, 9.17) is 14.6 Å². The average Bonchev–Trinajstić information content (AvgIpc) is 2.29. The molecule has 0 saturated heterocycles. The van der Waals surface area contributed by atoms with Crippen molar-refractivity contribution in [2.45, 2.75) is 19.8 Å². The van der Waals surface area contributed by atoms with E-state index in [-0.39, 0.29) is 25.6 Å². The number of ether oxygens (including phenoxy) is 2. The molecule has 0 spiro atoms. The maximum Gasteiger partial charge on any atom is 0.309 e. The molecule has 94 valence electrons. The molecule has 0 aliphatic heterocycles. The lowest BCUT2D eigenvalue weighted by molar-refractivity contribution is -0.144. The number of aliphatic hydroxyl groups is 1. The van der Waals surface area contributed by atoms with Crippen LogP contribution in [0.25, 0.3) is 0 Å². The first kappa shape index (κ1) is 13.5. The van der Waals surface area contributed by atoms with Crippen LogP contribution in [0.15, 0.2) is 24.3 Å². The molecule has 4 nitrogen and oxygen atoms in total. The Hall–Kier alpha value is -1.55. The van der Waals surface area contributed by atoms with Crippen LogP contribution in [0.3, 0.4) is 0 Å². The van der Waals surface area contributed by atoms with E-state index in [1.807, 2.05) is 31.2 Å². The lowest BCUT2D eigenvalue weighted by Gasteiger charge is -2.07. The van der Waals surface area contributed by atoms with E-state index in [9.17, 15) is 4.79 Å². The smallest absolute Gasteiger partial charge is 0.309 e. The summed E-state index contributed by atoms with van der Waals surface area (Å²) in [6.45, 7) is 2.59. The molecule has 0 heterocycles. The van der Waals surface area contributed by atoms with Gasteiger partial charge in [-0.05, 0) is 24.6 Å². The van der Waals surface area contributed by atoms with Crippen molar-refractivity contribution >= 4 is 5.97 Å². The molecule has 0 aliphatic carbocycles. The highest BCUT2D eigenvalue weighted by atomic mass is 16.5. The summed E-state index contributed by atoms with van der Waals surface area (Å²) in [5.74, 6) is 0.458. The zero-order valence-electron chi connectivity index (χ0n) is 10.0. The van der Waals surface area contributed by atoms with E-state index in [0.29, 0.717) is 13.0 Å². The summed E-state index contributed by atoms with van der Waals surface area (Å²) in [7, 11) is 0. The van der Waals surface area contributed by atoms with Gasteiger partial charge in [0.1, 0.15) is 5.75 Å². The van der Waals surface area contributed by atoms with E-state index < -0.39 is 0 Å². The summed E-state index contributed by atoms with van der Waals surface area (Å²) in [6, 6.07) is 7.65. The summed E-state index contributed by atoms with van der Waals surface area (Å²) in [4.78, 5) is 11.2. The Bertz CT molecular complexity index is 349. The minimum atomic E-state index is -0.300. The van der Waals surface area contributed by atoms with Crippen molar-refractivity contribution in [1.29, 1.82) is 0 Å². The normalized spacial score (nSPS) is 10.0. The fourth-order valence-corrected chi connectivity index (χ4v) is 1.28. The first-order chi connectivity index (χ1) is 8.22. The first-order valence-electron chi connectivity index (χ1n) is 5.68. The third-order valence-corrected chi connectivity index (χ3v) is 2.13. The van der Waals surface area contributed by atoms with Gasteiger partial charge in [0.15, 0.2) is 0 Å². The van der Waals surface area contributed by atoms with Gasteiger partial charge in [-0.15, -0.1) is 0 Å². The van der Waals surface area contributed by atoms with Gasteiger partial charge in [-0.25, -0.2) is 0 Å². The van der Waals surface area contributed by atoms with Gasteiger partial charge in [-0.1, -0.05) is 12.1 Å². The zero-order valence-corrected chi connectivity index (χ0v) is 10.0. The average molecular weight is 238 g/mol. The molecule has 0 fully saturated rings. The summed E-state index contributed by atoms with van der Waals surface area (Å²) in [5.41, 5.74) is 1.12. The highest BCUT2D eigenvalue weighted by Gasteiger charge is 2.03. The van der Waals surface area contributed by atoms with Gasteiger partial charge in [-0.2, -0.15) is 0 Å². The number of hydrogen-bond donors (Lipinski definition) is 1. The highest BCUT2D eigenvalue weighted by molar-refractivity contribution is 5.69. The van der Waals surface area contributed by atoms with Crippen molar-refractivity contribution in [2.24, 2.45) is 0 Å². The first-order valence-corrected chi connectivity index (χ1v) is 5.68. The van der Waals surface area contributed by atoms with Gasteiger partial charge in [-0.3, -0.25) is 4.79 Å². The van der Waals surface area contributed by atoms with Crippen LogP contribution in [-0.2, 0) is 9.53 Å². The number of aliphatic hydroxyl groups excluding tert-OH is 1. The molecule has 0 aliphatic rings. The summed E-state index contributed by atoms with van der Waals surface area (Å²) in [6.07, 6.45) is 0.698. The van der Waals surface area contributed by atoms with E-state index in [1.54, 1.807) is 0 Å². The monoisotopic (exact) mass is 238 g/mol. The number of hydrogen-bond acceptors (Lipinski definition) is 4. The maximum absolute atomic E-state index is 11.2. The van der Waals surface area contributed by atoms with Crippen LogP contribution in [0.2, 0.25) is 0 Å². The molecule has 4 heteroatoms. The van der Waals surface area contributed by atoms with Crippen molar-refractivity contribution in [3.05, 3.63) is 29.8 Å². The third-order valence-electron chi connectivity index (χ3n) is 2.13. The summed E-state index contributed by atoms with van der Waals surface area (Å²) in [5, 5.41) is 8.51. The molecule has 0 atom stereocenters. The molecular weight excluding hydrogens is 220 g/mol. The van der Waals surface area contributed by atoms with E-state index in [1.165, 1.54) is 0 Å². The quantitative estimate of drug-likeness (QED) is 0.580. The van der Waals surface area contributed by atoms with E-state index >= 15 is 0 Å². The fourth-order valence-electron chi connectivity index (χ4n) is 1.28. The Balaban J connectivity index is 2.17. The van der Waals surface area contributed by atoms with Gasteiger partial charge >= 0.3 is 5.97 Å². The predicted octanol–water partition coefficient (Wildman–Crippen LogP) is 1.69. The SMILES string of the molecule is Cc1cccc(OCCC(=O)OCCCO)c1. The lowest BCUT2D eigenvalue weighted by atomic mass is 10.2.